The molecule has 3 rings (SSSR count). The molecule has 0 aliphatic heterocycles. The van der Waals surface area contributed by atoms with E-state index in [-0.39, 0.29) is 5.69 Å². The van der Waals surface area contributed by atoms with Gasteiger partial charge in [-0.2, -0.15) is 5.10 Å². The smallest absolute Gasteiger partial charge is 0.274 e. The summed E-state index contributed by atoms with van der Waals surface area (Å²) in [5.74, 6) is -0.322. The first-order valence-electron chi connectivity index (χ1n) is 7.20. The summed E-state index contributed by atoms with van der Waals surface area (Å²) in [6.07, 6.45) is 0.591. The number of hydrogen-bond acceptors (Lipinski definition) is 4. The largest absolute Gasteiger partial charge is 0.359 e. The zero-order chi connectivity index (χ0) is 16.9. The van der Waals surface area contributed by atoms with Crippen molar-refractivity contribution in [3.8, 4) is 0 Å². The van der Waals surface area contributed by atoms with Crippen molar-refractivity contribution in [1.29, 1.82) is 0 Å². The van der Waals surface area contributed by atoms with Crippen LogP contribution in [0.25, 0.3) is 0 Å². The third-order valence-corrected chi connectivity index (χ3v) is 3.37. The molecule has 0 spiro atoms. The molecule has 3 aromatic rings. The van der Waals surface area contributed by atoms with Gasteiger partial charge < -0.3 is 9.84 Å². The monoisotopic (exact) mass is 332 g/mol. The average Bonchev–Trinajstić information content (AvgIpc) is 3.25. The van der Waals surface area contributed by atoms with Crippen LogP contribution in [0.2, 0.25) is 0 Å². The number of benzene rings is 1. The van der Waals surface area contributed by atoms with Gasteiger partial charge in [0.15, 0.2) is 11.5 Å². The number of halogens is 2. The normalized spacial score (nSPS) is 12.3. The van der Waals surface area contributed by atoms with Crippen molar-refractivity contribution in [2.45, 2.75) is 19.0 Å². The van der Waals surface area contributed by atoms with E-state index in [9.17, 15) is 13.6 Å². The molecular weight excluding hydrogens is 318 g/mol. The summed E-state index contributed by atoms with van der Waals surface area (Å²) in [6.45, 7) is 0.296. The van der Waals surface area contributed by atoms with Crippen LogP contribution >= 0.6 is 0 Å². The molecule has 124 valence electrons. The molecular formula is C16H14F2N4O2. The molecule has 0 saturated carbocycles. The molecule has 2 aromatic heterocycles. The second-order valence-corrected chi connectivity index (χ2v) is 5.08. The summed E-state index contributed by atoms with van der Waals surface area (Å²) in [5, 5.41) is 9.92. The van der Waals surface area contributed by atoms with E-state index in [4.69, 9.17) is 4.52 Å². The van der Waals surface area contributed by atoms with Crippen LogP contribution in [0.15, 0.2) is 59.4 Å². The lowest BCUT2D eigenvalue weighted by molar-refractivity contribution is 0.0737. The highest BCUT2D eigenvalue weighted by atomic mass is 19.3. The first kappa shape index (κ1) is 15.9. The van der Waals surface area contributed by atoms with Gasteiger partial charge in [0.05, 0.1) is 0 Å². The molecule has 0 radical (unpaired) electrons. The molecule has 0 aliphatic rings. The Morgan fingerprint density at radius 1 is 1.25 bits per heavy atom. The molecule has 1 aromatic carbocycles. The average molecular weight is 332 g/mol. The zero-order valence-electron chi connectivity index (χ0n) is 12.5. The molecule has 24 heavy (non-hydrogen) atoms. The van der Waals surface area contributed by atoms with Crippen molar-refractivity contribution >= 4 is 5.91 Å². The van der Waals surface area contributed by atoms with Crippen molar-refractivity contribution < 1.29 is 18.1 Å². The molecule has 0 fully saturated rings. The second kappa shape index (κ2) is 7.03. The SMILES string of the molecule is O=C(NC(c1ccccc1)C(F)F)c1cc(Cn2cccn2)on1. The number of nitrogens with one attached hydrogen (secondary N) is 1. The number of amides is 1. The van der Waals surface area contributed by atoms with Crippen LogP contribution < -0.4 is 5.32 Å². The minimum atomic E-state index is -2.74. The van der Waals surface area contributed by atoms with Crippen LogP contribution in [0.4, 0.5) is 8.78 Å². The molecule has 1 amide bonds. The molecule has 8 heteroatoms. The summed E-state index contributed by atoms with van der Waals surface area (Å²) >= 11 is 0. The lowest BCUT2D eigenvalue weighted by atomic mass is 10.1. The molecule has 0 bridgehead atoms. The minimum Gasteiger partial charge on any atom is -0.359 e. The molecule has 1 atom stereocenters. The van der Waals surface area contributed by atoms with E-state index in [0.29, 0.717) is 17.9 Å². The molecule has 2 heterocycles. The Bertz CT molecular complexity index is 788. The summed E-state index contributed by atoms with van der Waals surface area (Å²) in [6, 6.07) is 9.79. The third kappa shape index (κ3) is 3.65. The third-order valence-electron chi connectivity index (χ3n) is 3.37. The highest BCUT2D eigenvalue weighted by Crippen LogP contribution is 2.21. The Morgan fingerprint density at radius 3 is 2.71 bits per heavy atom. The van der Waals surface area contributed by atoms with E-state index in [1.54, 1.807) is 41.3 Å². The van der Waals surface area contributed by atoms with Gasteiger partial charge >= 0.3 is 0 Å². The second-order valence-electron chi connectivity index (χ2n) is 5.08. The van der Waals surface area contributed by atoms with Gasteiger partial charge in [-0.3, -0.25) is 9.48 Å². The van der Waals surface area contributed by atoms with E-state index in [1.165, 1.54) is 18.2 Å². The van der Waals surface area contributed by atoms with Crippen LogP contribution in [0.3, 0.4) is 0 Å². The number of aromatic nitrogens is 3. The van der Waals surface area contributed by atoms with Gasteiger partial charge in [-0.1, -0.05) is 35.5 Å². The minimum absolute atomic E-state index is 0.0567. The number of alkyl halides is 2. The molecule has 1 unspecified atom stereocenters. The van der Waals surface area contributed by atoms with Gasteiger partial charge in [-0.15, -0.1) is 0 Å². The van der Waals surface area contributed by atoms with E-state index in [0.717, 1.165) is 0 Å². The Morgan fingerprint density at radius 2 is 2.04 bits per heavy atom. The van der Waals surface area contributed by atoms with Gasteiger partial charge in [-0.25, -0.2) is 8.78 Å². The molecule has 6 nitrogen and oxygen atoms in total. The fourth-order valence-corrected chi connectivity index (χ4v) is 2.22. The summed E-state index contributed by atoms with van der Waals surface area (Å²) in [4.78, 5) is 12.2. The highest BCUT2D eigenvalue weighted by molar-refractivity contribution is 5.92. The van der Waals surface area contributed by atoms with E-state index < -0.39 is 18.4 Å². The highest BCUT2D eigenvalue weighted by Gasteiger charge is 2.26. The molecule has 0 aliphatic carbocycles. The number of carbonyl (C=O) groups is 1. The van der Waals surface area contributed by atoms with Crippen LogP contribution in [0.5, 0.6) is 0 Å². The van der Waals surface area contributed by atoms with Crippen LogP contribution in [-0.4, -0.2) is 27.3 Å². The predicted molar refractivity (Wildman–Crippen MR) is 80.5 cm³/mol. The van der Waals surface area contributed by atoms with Crippen LogP contribution in [0, 0.1) is 0 Å². The van der Waals surface area contributed by atoms with Crippen molar-refractivity contribution in [3.05, 3.63) is 71.9 Å². The fourth-order valence-electron chi connectivity index (χ4n) is 2.22. The van der Waals surface area contributed by atoms with Gasteiger partial charge in [0.1, 0.15) is 12.6 Å². The maximum absolute atomic E-state index is 13.2. The number of hydrogen-bond donors (Lipinski definition) is 1. The summed E-state index contributed by atoms with van der Waals surface area (Å²) in [7, 11) is 0. The number of nitrogens with zero attached hydrogens (tertiary/aromatic N) is 3. The maximum atomic E-state index is 13.2. The Labute approximate surface area is 136 Å². The van der Waals surface area contributed by atoms with E-state index >= 15 is 0 Å². The van der Waals surface area contributed by atoms with Crippen molar-refractivity contribution in [2.75, 3.05) is 0 Å². The van der Waals surface area contributed by atoms with Crippen LogP contribution in [0.1, 0.15) is 27.9 Å². The predicted octanol–water partition coefficient (Wildman–Crippen LogP) is 2.66. The van der Waals surface area contributed by atoms with Gasteiger partial charge in [0, 0.05) is 18.5 Å². The summed E-state index contributed by atoms with van der Waals surface area (Å²) in [5.41, 5.74) is 0.264. The number of rotatable bonds is 6. The zero-order valence-corrected chi connectivity index (χ0v) is 12.5. The fraction of sp³-hybridized carbons (Fsp3) is 0.188. The Kier molecular flexibility index (Phi) is 4.64. The van der Waals surface area contributed by atoms with Gasteiger partial charge in [-0.05, 0) is 11.6 Å². The van der Waals surface area contributed by atoms with Gasteiger partial charge in [0.2, 0.25) is 0 Å². The number of carbonyl (C=O) groups excluding carboxylic acids is 1. The van der Waals surface area contributed by atoms with Crippen molar-refractivity contribution in [3.63, 3.8) is 0 Å². The van der Waals surface area contributed by atoms with Gasteiger partial charge in [0.25, 0.3) is 12.3 Å². The standard InChI is InChI=1S/C16H14F2N4O2/c17-15(18)14(11-5-2-1-3-6-11)20-16(23)13-9-12(24-21-13)10-22-8-4-7-19-22/h1-9,14-15H,10H2,(H,20,23). The lowest BCUT2D eigenvalue weighted by Crippen LogP contribution is -2.33. The first-order chi connectivity index (χ1) is 11.6. The molecule has 0 saturated heterocycles. The molecule has 1 N–H and O–H groups in total. The van der Waals surface area contributed by atoms with E-state index in [2.05, 4.69) is 15.6 Å². The Balaban J connectivity index is 1.70. The maximum Gasteiger partial charge on any atom is 0.274 e. The summed E-state index contributed by atoms with van der Waals surface area (Å²) < 4.78 is 33.1. The van der Waals surface area contributed by atoms with Crippen LogP contribution in [-0.2, 0) is 6.54 Å². The topological polar surface area (TPSA) is 73.0 Å². The van der Waals surface area contributed by atoms with Crippen molar-refractivity contribution in [1.82, 2.24) is 20.3 Å². The quantitative estimate of drug-likeness (QED) is 0.753. The van der Waals surface area contributed by atoms with Crippen molar-refractivity contribution in [2.24, 2.45) is 0 Å². The Hall–Kier alpha value is -3.03. The lowest BCUT2D eigenvalue weighted by Gasteiger charge is -2.17. The van der Waals surface area contributed by atoms with E-state index in [1.807, 2.05) is 0 Å². The first-order valence-corrected chi connectivity index (χ1v) is 7.20.